The van der Waals surface area contributed by atoms with Crippen molar-refractivity contribution < 1.29 is 13.6 Å². The third kappa shape index (κ3) is 2.36. The molecule has 0 bridgehead atoms. The van der Waals surface area contributed by atoms with Crippen LogP contribution in [0.4, 0.5) is 20.2 Å². The lowest BCUT2D eigenvalue weighted by Crippen LogP contribution is -2.16. The van der Waals surface area contributed by atoms with Gasteiger partial charge in [-0.2, -0.15) is 0 Å². The molecule has 4 nitrogen and oxygen atoms in total. The van der Waals surface area contributed by atoms with Crippen molar-refractivity contribution in [3.05, 3.63) is 47.8 Å². The second-order valence-electron chi connectivity index (χ2n) is 4.88. The van der Waals surface area contributed by atoms with Crippen molar-refractivity contribution in [2.45, 2.75) is 18.9 Å². The first-order valence-corrected chi connectivity index (χ1v) is 6.28. The van der Waals surface area contributed by atoms with Gasteiger partial charge in [0.2, 0.25) is 0 Å². The van der Waals surface area contributed by atoms with Crippen molar-refractivity contribution >= 4 is 17.3 Å². The standard InChI is InChI=1S/C14H13F2N3O/c15-11-4-1-9(6-12(11)16)18-14(20)13-5-8(17)7-19(13)10-2-3-10/h1,4-7,10H,2-3,17H2,(H,18,20). The van der Waals surface area contributed by atoms with E-state index in [4.69, 9.17) is 5.73 Å². The lowest BCUT2D eigenvalue weighted by atomic mass is 10.3. The molecule has 0 radical (unpaired) electrons. The number of carbonyl (C=O) groups excluding carboxylic acids is 1. The summed E-state index contributed by atoms with van der Waals surface area (Å²) >= 11 is 0. The maximum atomic E-state index is 13.1. The van der Waals surface area contributed by atoms with Crippen LogP contribution in [-0.2, 0) is 0 Å². The number of nitrogens with zero attached hydrogens (tertiary/aromatic N) is 1. The fourth-order valence-corrected chi connectivity index (χ4v) is 2.11. The predicted octanol–water partition coefficient (Wildman–Crippen LogP) is 2.94. The van der Waals surface area contributed by atoms with E-state index in [0.717, 1.165) is 25.0 Å². The second kappa shape index (κ2) is 4.63. The molecule has 6 heteroatoms. The number of halogens is 2. The molecule has 104 valence electrons. The van der Waals surface area contributed by atoms with Gasteiger partial charge in [0.05, 0.1) is 5.69 Å². The molecule has 0 saturated heterocycles. The van der Waals surface area contributed by atoms with Gasteiger partial charge in [-0.05, 0) is 31.0 Å². The molecule has 0 unspecified atom stereocenters. The molecule has 2 aromatic rings. The van der Waals surface area contributed by atoms with Gasteiger partial charge in [-0.15, -0.1) is 0 Å². The van der Waals surface area contributed by atoms with Crippen LogP contribution in [0.1, 0.15) is 29.4 Å². The second-order valence-corrected chi connectivity index (χ2v) is 4.88. The lowest BCUT2D eigenvalue weighted by molar-refractivity contribution is 0.101. The van der Waals surface area contributed by atoms with Crippen molar-refractivity contribution in [1.82, 2.24) is 4.57 Å². The van der Waals surface area contributed by atoms with E-state index < -0.39 is 11.6 Å². The number of aromatic nitrogens is 1. The zero-order chi connectivity index (χ0) is 14.3. The minimum Gasteiger partial charge on any atom is -0.397 e. The Bertz CT molecular complexity index is 677. The van der Waals surface area contributed by atoms with Crippen LogP contribution in [-0.4, -0.2) is 10.5 Å². The Morgan fingerprint density at radius 3 is 2.65 bits per heavy atom. The van der Waals surface area contributed by atoms with Crippen molar-refractivity contribution in [3.63, 3.8) is 0 Å². The Hall–Kier alpha value is -2.37. The van der Waals surface area contributed by atoms with E-state index in [2.05, 4.69) is 5.32 Å². The molecule has 20 heavy (non-hydrogen) atoms. The van der Waals surface area contributed by atoms with Gasteiger partial charge >= 0.3 is 0 Å². The van der Waals surface area contributed by atoms with Crippen LogP contribution in [0.2, 0.25) is 0 Å². The molecule has 1 amide bonds. The summed E-state index contributed by atoms with van der Waals surface area (Å²) in [6.45, 7) is 0. The minimum atomic E-state index is -1.00. The van der Waals surface area contributed by atoms with Gasteiger partial charge < -0.3 is 15.6 Å². The molecule has 1 saturated carbocycles. The molecule has 0 atom stereocenters. The van der Waals surface area contributed by atoms with Gasteiger partial charge in [-0.25, -0.2) is 8.78 Å². The van der Waals surface area contributed by atoms with Crippen molar-refractivity contribution in [3.8, 4) is 0 Å². The maximum Gasteiger partial charge on any atom is 0.272 e. The molecule has 1 aliphatic carbocycles. The average molecular weight is 277 g/mol. The third-order valence-corrected chi connectivity index (χ3v) is 3.22. The van der Waals surface area contributed by atoms with E-state index in [1.54, 1.807) is 12.3 Å². The number of nitrogen functional groups attached to an aromatic ring is 1. The Labute approximate surface area is 114 Å². The first-order chi connectivity index (χ1) is 9.54. The third-order valence-electron chi connectivity index (χ3n) is 3.22. The van der Waals surface area contributed by atoms with Gasteiger partial charge in [-0.1, -0.05) is 0 Å². The summed E-state index contributed by atoms with van der Waals surface area (Å²) in [7, 11) is 0. The highest BCUT2D eigenvalue weighted by atomic mass is 19.2. The van der Waals surface area contributed by atoms with Crippen LogP contribution < -0.4 is 11.1 Å². The smallest absolute Gasteiger partial charge is 0.272 e. The number of benzene rings is 1. The van der Waals surface area contributed by atoms with Gasteiger partial charge in [0.15, 0.2) is 11.6 Å². The molecular weight excluding hydrogens is 264 g/mol. The Kier molecular flexibility index (Phi) is 2.93. The van der Waals surface area contributed by atoms with E-state index in [-0.39, 0.29) is 11.6 Å². The fraction of sp³-hybridized carbons (Fsp3) is 0.214. The normalized spacial score (nSPS) is 14.3. The number of rotatable bonds is 3. The highest BCUT2D eigenvalue weighted by Crippen LogP contribution is 2.37. The van der Waals surface area contributed by atoms with Crippen LogP contribution in [0.3, 0.4) is 0 Å². The molecule has 1 fully saturated rings. The molecular formula is C14H13F2N3O. The fourth-order valence-electron chi connectivity index (χ4n) is 2.11. The molecule has 1 aromatic heterocycles. The molecule has 0 spiro atoms. The SMILES string of the molecule is Nc1cc(C(=O)Nc2ccc(F)c(F)c2)n(C2CC2)c1. The van der Waals surface area contributed by atoms with Crippen LogP contribution in [0, 0.1) is 11.6 Å². The van der Waals surface area contributed by atoms with E-state index in [0.29, 0.717) is 17.4 Å². The molecule has 1 aliphatic rings. The highest BCUT2D eigenvalue weighted by Gasteiger charge is 2.27. The van der Waals surface area contributed by atoms with E-state index in [1.165, 1.54) is 6.07 Å². The summed E-state index contributed by atoms with van der Waals surface area (Å²) in [5, 5.41) is 2.54. The molecule has 1 heterocycles. The van der Waals surface area contributed by atoms with Crippen molar-refractivity contribution in [2.75, 3.05) is 11.1 Å². The van der Waals surface area contributed by atoms with E-state index in [9.17, 15) is 13.6 Å². The minimum absolute atomic E-state index is 0.205. The number of carbonyl (C=O) groups is 1. The zero-order valence-electron chi connectivity index (χ0n) is 10.6. The Morgan fingerprint density at radius 1 is 1.25 bits per heavy atom. The monoisotopic (exact) mass is 277 g/mol. The molecule has 1 aromatic carbocycles. The van der Waals surface area contributed by atoms with Crippen LogP contribution in [0.15, 0.2) is 30.5 Å². The summed E-state index contributed by atoms with van der Waals surface area (Å²) in [5.74, 6) is -2.34. The number of nitrogens with one attached hydrogen (secondary N) is 1. The molecule has 3 rings (SSSR count). The number of nitrogens with two attached hydrogens (primary N) is 1. The lowest BCUT2D eigenvalue weighted by Gasteiger charge is -2.08. The first-order valence-electron chi connectivity index (χ1n) is 6.28. The van der Waals surface area contributed by atoms with Gasteiger partial charge in [-0.3, -0.25) is 4.79 Å². The highest BCUT2D eigenvalue weighted by molar-refractivity contribution is 6.03. The van der Waals surface area contributed by atoms with Crippen molar-refractivity contribution in [2.24, 2.45) is 0 Å². The Balaban J connectivity index is 1.84. The first kappa shape index (κ1) is 12.7. The quantitative estimate of drug-likeness (QED) is 0.906. The van der Waals surface area contributed by atoms with E-state index in [1.807, 2.05) is 4.57 Å². The van der Waals surface area contributed by atoms with E-state index >= 15 is 0 Å². The van der Waals surface area contributed by atoms with Crippen LogP contribution in [0.5, 0.6) is 0 Å². The maximum absolute atomic E-state index is 13.1. The predicted molar refractivity (Wildman–Crippen MR) is 71.4 cm³/mol. The summed E-state index contributed by atoms with van der Waals surface area (Å²) in [4.78, 5) is 12.2. The molecule has 3 N–H and O–H groups in total. The van der Waals surface area contributed by atoms with Gasteiger partial charge in [0.25, 0.3) is 5.91 Å². The Morgan fingerprint density at radius 2 is 2.00 bits per heavy atom. The topological polar surface area (TPSA) is 60.1 Å². The number of hydrogen-bond donors (Lipinski definition) is 2. The van der Waals surface area contributed by atoms with Gasteiger partial charge in [0, 0.05) is 24.0 Å². The number of hydrogen-bond acceptors (Lipinski definition) is 2. The summed E-state index contributed by atoms with van der Waals surface area (Å²) < 4.78 is 27.8. The van der Waals surface area contributed by atoms with Crippen molar-refractivity contribution in [1.29, 1.82) is 0 Å². The summed E-state index contributed by atoms with van der Waals surface area (Å²) in [5.41, 5.74) is 6.85. The summed E-state index contributed by atoms with van der Waals surface area (Å²) in [6, 6.07) is 5.11. The molecule has 0 aliphatic heterocycles. The zero-order valence-corrected chi connectivity index (χ0v) is 10.6. The largest absolute Gasteiger partial charge is 0.397 e. The summed E-state index contributed by atoms with van der Waals surface area (Å²) in [6.07, 6.45) is 3.75. The van der Waals surface area contributed by atoms with Gasteiger partial charge in [0.1, 0.15) is 5.69 Å². The van der Waals surface area contributed by atoms with Crippen LogP contribution in [0.25, 0.3) is 0 Å². The number of anilines is 2. The van der Waals surface area contributed by atoms with Crippen LogP contribution >= 0.6 is 0 Å². The number of amides is 1. The average Bonchev–Trinajstić information content (AvgIpc) is 3.17.